The highest BCUT2D eigenvalue weighted by Gasteiger charge is 2.33. The van der Waals surface area contributed by atoms with Crippen molar-refractivity contribution in [2.24, 2.45) is 0 Å². The molecule has 2 N–H and O–H groups in total. The van der Waals surface area contributed by atoms with Gasteiger partial charge in [-0.1, -0.05) is 12.1 Å². The molecule has 1 aromatic carbocycles. The summed E-state index contributed by atoms with van der Waals surface area (Å²) in [6, 6.07) is 8.83. The largest absolute Gasteiger partial charge is 0.497 e. The van der Waals surface area contributed by atoms with Crippen LogP contribution in [0, 0.1) is 0 Å². The molecule has 0 spiro atoms. The van der Waals surface area contributed by atoms with E-state index < -0.39 is 0 Å². The molecule has 114 valence electrons. The highest BCUT2D eigenvalue weighted by atomic mass is 16.5. The maximum absolute atomic E-state index is 11.9. The average molecular weight is 288 g/mol. The number of methoxy groups -OCH3 is 1. The Bertz CT molecular complexity index is 480. The van der Waals surface area contributed by atoms with Crippen LogP contribution in [0.2, 0.25) is 0 Å². The van der Waals surface area contributed by atoms with Crippen LogP contribution in [0.5, 0.6) is 5.75 Å². The van der Waals surface area contributed by atoms with Gasteiger partial charge in [-0.05, 0) is 55.7 Å². The molecule has 1 aromatic rings. The Kier molecular flexibility index (Phi) is 4.44. The van der Waals surface area contributed by atoms with Crippen molar-refractivity contribution in [1.82, 2.24) is 10.6 Å². The molecule has 0 bridgehead atoms. The van der Waals surface area contributed by atoms with E-state index in [4.69, 9.17) is 4.74 Å². The second-order valence-corrected chi connectivity index (χ2v) is 6.14. The molecule has 2 aliphatic rings. The molecule has 1 aliphatic heterocycles. The van der Waals surface area contributed by atoms with Crippen molar-refractivity contribution in [3.8, 4) is 5.75 Å². The lowest BCUT2D eigenvalue weighted by atomic mass is 9.75. The lowest BCUT2D eigenvalue weighted by molar-refractivity contribution is -0.123. The third-order valence-electron chi connectivity index (χ3n) is 4.70. The summed E-state index contributed by atoms with van der Waals surface area (Å²) in [5, 5.41) is 6.52. The lowest BCUT2D eigenvalue weighted by Crippen LogP contribution is -2.51. The predicted molar refractivity (Wildman–Crippen MR) is 82.5 cm³/mol. The van der Waals surface area contributed by atoms with Crippen LogP contribution in [0.3, 0.4) is 0 Å². The minimum Gasteiger partial charge on any atom is -0.497 e. The second kappa shape index (κ2) is 6.48. The molecular formula is C17H24N2O2. The third-order valence-corrected chi connectivity index (χ3v) is 4.70. The van der Waals surface area contributed by atoms with Crippen LogP contribution >= 0.6 is 0 Å². The maximum atomic E-state index is 11.9. The van der Waals surface area contributed by atoms with Crippen LogP contribution in [0.25, 0.3) is 0 Å². The van der Waals surface area contributed by atoms with Crippen LogP contribution in [-0.2, 0) is 4.79 Å². The van der Waals surface area contributed by atoms with Gasteiger partial charge in [0.2, 0.25) is 5.91 Å². The van der Waals surface area contributed by atoms with Crippen molar-refractivity contribution in [1.29, 1.82) is 0 Å². The van der Waals surface area contributed by atoms with Gasteiger partial charge in [-0.2, -0.15) is 0 Å². The summed E-state index contributed by atoms with van der Waals surface area (Å²) in [6.45, 7) is 0.830. The van der Waals surface area contributed by atoms with Crippen molar-refractivity contribution in [2.75, 3.05) is 13.7 Å². The molecule has 0 aromatic heterocycles. The zero-order valence-corrected chi connectivity index (χ0v) is 12.6. The molecule has 1 unspecified atom stereocenters. The fraction of sp³-hybridized carbons (Fsp3) is 0.588. The van der Waals surface area contributed by atoms with Gasteiger partial charge in [-0.15, -0.1) is 0 Å². The summed E-state index contributed by atoms with van der Waals surface area (Å²) in [4.78, 5) is 11.9. The van der Waals surface area contributed by atoms with E-state index in [0.29, 0.717) is 12.0 Å². The Labute approximate surface area is 126 Å². The summed E-state index contributed by atoms with van der Waals surface area (Å²) in [7, 11) is 1.69. The van der Waals surface area contributed by atoms with E-state index >= 15 is 0 Å². The summed E-state index contributed by atoms with van der Waals surface area (Å²) in [5.74, 6) is 1.70. The highest BCUT2D eigenvalue weighted by molar-refractivity contribution is 5.81. The summed E-state index contributed by atoms with van der Waals surface area (Å²) in [5.41, 5.74) is 1.37. The van der Waals surface area contributed by atoms with E-state index in [-0.39, 0.29) is 11.9 Å². The number of carbonyl (C=O) groups excluding carboxylic acids is 1. The molecule has 4 heteroatoms. The Morgan fingerprint density at radius 1 is 1.19 bits per heavy atom. The molecule has 1 atom stereocenters. The number of benzene rings is 1. The number of hydrogen-bond acceptors (Lipinski definition) is 3. The molecule has 4 nitrogen and oxygen atoms in total. The van der Waals surface area contributed by atoms with Gasteiger partial charge >= 0.3 is 0 Å². The third kappa shape index (κ3) is 3.38. The van der Waals surface area contributed by atoms with Crippen molar-refractivity contribution in [3.63, 3.8) is 0 Å². The summed E-state index contributed by atoms with van der Waals surface area (Å²) < 4.78 is 5.19. The number of amides is 1. The molecular weight excluding hydrogens is 264 g/mol. The summed E-state index contributed by atoms with van der Waals surface area (Å²) in [6.07, 6.45) is 5.44. The standard InChI is InChI=1S/C17H24N2O2/c1-21-15-7-5-12(6-8-15)13-10-14(11-13)19-16-4-2-3-9-18-17(16)20/h5-8,13-14,16,19H,2-4,9-11H2,1H3,(H,18,20). The molecule has 21 heavy (non-hydrogen) atoms. The quantitative estimate of drug-likeness (QED) is 0.893. The Morgan fingerprint density at radius 2 is 1.95 bits per heavy atom. The van der Waals surface area contributed by atoms with Gasteiger partial charge in [-0.3, -0.25) is 4.79 Å². The normalized spacial score (nSPS) is 29.2. The molecule has 1 aliphatic carbocycles. The van der Waals surface area contributed by atoms with Crippen LogP contribution in [0.4, 0.5) is 0 Å². The fourth-order valence-electron chi connectivity index (χ4n) is 3.29. The van der Waals surface area contributed by atoms with Crippen molar-refractivity contribution in [2.45, 2.75) is 50.1 Å². The monoisotopic (exact) mass is 288 g/mol. The topological polar surface area (TPSA) is 50.4 Å². The number of nitrogens with one attached hydrogen (secondary N) is 2. The SMILES string of the molecule is COc1ccc(C2CC(NC3CCCCNC3=O)C2)cc1. The lowest BCUT2D eigenvalue weighted by Gasteiger charge is -2.38. The van der Waals surface area contributed by atoms with Crippen LogP contribution < -0.4 is 15.4 Å². The number of carbonyl (C=O) groups is 1. The average Bonchev–Trinajstić information content (AvgIpc) is 2.67. The van der Waals surface area contributed by atoms with E-state index in [1.54, 1.807) is 7.11 Å². The first kappa shape index (κ1) is 14.4. The molecule has 1 heterocycles. The Balaban J connectivity index is 1.49. The van der Waals surface area contributed by atoms with Crippen LogP contribution in [-0.4, -0.2) is 31.6 Å². The zero-order valence-electron chi connectivity index (χ0n) is 12.6. The number of rotatable bonds is 4. The van der Waals surface area contributed by atoms with Gasteiger partial charge in [-0.25, -0.2) is 0 Å². The first-order valence-electron chi connectivity index (χ1n) is 7.94. The first-order chi connectivity index (χ1) is 10.3. The Morgan fingerprint density at radius 3 is 2.67 bits per heavy atom. The smallest absolute Gasteiger partial charge is 0.237 e. The Hall–Kier alpha value is -1.55. The minimum atomic E-state index is 0.00863. The van der Waals surface area contributed by atoms with E-state index in [0.717, 1.165) is 44.4 Å². The van der Waals surface area contributed by atoms with Crippen molar-refractivity contribution >= 4 is 5.91 Å². The molecule has 1 saturated carbocycles. The first-order valence-corrected chi connectivity index (χ1v) is 7.94. The van der Waals surface area contributed by atoms with Crippen molar-refractivity contribution in [3.05, 3.63) is 29.8 Å². The molecule has 0 radical (unpaired) electrons. The summed E-state index contributed by atoms with van der Waals surface area (Å²) >= 11 is 0. The van der Waals surface area contributed by atoms with E-state index in [1.807, 2.05) is 12.1 Å². The van der Waals surface area contributed by atoms with Gasteiger partial charge in [0.25, 0.3) is 0 Å². The number of ether oxygens (including phenoxy) is 1. The molecule has 1 saturated heterocycles. The molecule has 2 fully saturated rings. The van der Waals surface area contributed by atoms with E-state index in [9.17, 15) is 4.79 Å². The predicted octanol–water partition coefficient (Wildman–Crippen LogP) is 2.20. The maximum Gasteiger partial charge on any atom is 0.237 e. The van der Waals surface area contributed by atoms with E-state index in [2.05, 4.69) is 22.8 Å². The molecule has 1 amide bonds. The van der Waals surface area contributed by atoms with Gasteiger partial charge in [0, 0.05) is 12.6 Å². The van der Waals surface area contributed by atoms with Crippen LogP contribution in [0.1, 0.15) is 43.6 Å². The molecule has 3 rings (SSSR count). The second-order valence-electron chi connectivity index (χ2n) is 6.14. The van der Waals surface area contributed by atoms with Gasteiger partial charge in [0.05, 0.1) is 13.2 Å². The van der Waals surface area contributed by atoms with Gasteiger partial charge in [0.1, 0.15) is 5.75 Å². The minimum absolute atomic E-state index is 0.00863. The van der Waals surface area contributed by atoms with Crippen molar-refractivity contribution < 1.29 is 9.53 Å². The highest BCUT2D eigenvalue weighted by Crippen LogP contribution is 2.37. The number of hydrogen-bond donors (Lipinski definition) is 2. The van der Waals surface area contributed by atoms with Crippen LogP contribution in [0.15, 0.2) is 24.3 Å². The van der Waals surface area contributed by atoms with E-state index in [1.165, 1.54) is 5.56 Å². The zero-order chi connectivity index (χ0) is 14.7. The fourth-order valence-corrected chi connectivity index (χ4v) is 3.29. The van der Waals surface area contributed by atoms with Gasteiger partial charge in [0.15, 0.2) is 0 Å². The van der Waals surface area contributed by atoms with Gasteiger partial charge < -0.3 is 15.4 Å².